The highest BCUT2D eigenvalue weighted by Crippen LogP contribution is 2.34. The van der Waals surface area contributed by atoms with Crippen LogP contribution in [0.1, 0.15) is 22.5 Å². The molecule has 0 bridgehead atoms. The third kappa shape index (κ3) is 3.07. The van der Waals surface area contributed by atoms with E-state index in [1.165, 1.54) is 7.11 Å². The van der Waals surface area contributed by atoms with E-state index in [1.807, 2.05) is 0 Å². The summed E-state index contributed by atoms with van der Waals surface area (Å²) in [7, 11) is 1.50. The van der Waals surface area contributed by atoms with Crippen LogP contribution in [0.4, 0.5) is 13.2 Å². The molecule has 0 radical (unpaired) electrons. The maximum absolute atomic E-state index is 12.7. The maximum Gasteiger partial charge on any atom is 0.493 e. The number of amides is 1. The average Bonchev–Trinajstić information content (AvgIpc) is 2.95. The molecule has 140 valence electrons. The molecule has 0 saturated carbocycles. The van der Waals surface area contributed by atoms with Gasteiger partial charge in [-0.2, -0.15) is 18.2 Å². The van der Waals surface area contributed by atoms with Crippen LogP contribution >= 0.6 is 0 Å². The Morgan fingerprint density at radius 1 is 1.42 bits per heavy atom. The van der Waals surface area contributed by atoms with Gasteiger partial charge in [0.1, 0.15) is 11.4 Å². The van der Waals surface area contributed by atoms with Crippen molar-refractivity contribution < 1.29 is 32.3 Å². The summed E-state index contributed by atoms with van der Waals surface area (Å²) in [4.78, 5) is 31.1. The number of halogens is 3. The minimum Gasteiger partial charge on any atom is -0.497 e. The second kappa shape index (κ2) is 6.52. The van der Waals surface area contributed by atoms with Crippen LogP contribution in [0.25, 0.3) is 10.9 Å². The zero-order valence-corrected chi connectivity index (χ0v) is 13.7. The highest BCUT2D eigenvalue weighted by Gasteiger charge is 2.46. The van der Waals surface area contributed by atoms with E-state index < -0.39 is 24.1 Å². The monoisotopic (exact) mass is 371 g/mol. The molecule has 0 saturated heterocycles. The van der Waals surface area contributed by atoms with Crippen molar-refractivity contribution >= 4 is 22.8 Å². The third-order valence-electron chi connectivity index (χ3n) is 4.21. The molecule has 1 amide bonds. The van der Waals surface area contributed by atoms with Crippen LogP contribution in [0.15, 0.2) is 18.2 Å². The fourth-order valence-corrected chi connectivity index (χ4v) is 3.01. The Bertz CT molecular complexity index is 862. The number of nitrogens with two attached hydrogens (primary N) is 1. The smallest absolute Gasteiger partial charge is 0.493 e. The zero-order valence-electron chi connectivity index (χ0n) is 13.7. The van der Waals surface area contributed by atoms with Gasteiger partial charge in [-0.25, -0.2) is 4.79 Å². The summed E-state index contributed by atoms with van der Waals surface area (Å²) < 4.78 is 42.8. The van der Waals surface area contributed by atoms with Crippen molar-refractivity contribution in [1.29, 1.82) is 0 Å². The molecule has 0 fully saturated rings. The Hall–Kier alpha value is -2.75. The minimum absolute atomic E-state index is 0.0801. The Kier molecular flexibility index (Phi) is 4.53. The van der Waals surface area contributed by atoms with Crippen LogP contribution in [-0.4, -0.2) is 47.8 Å². The fourth-order valence-electron chi connectivity index (χ4n) is 3.01. The average molecular weight is 371 g/mol. The van der Waals surface area contributed by atoms with Crippen LogP contribution < -0.4 is 10.5 Å². The number of carbonyl (C=O) groups is 2. The number of nitrogens with one attached hydrogen (secondary N) is 1. The van der Waals surface area contributed by atoms with Gasteiger partial charge in [0, 0.05) is 10.9 Å². The van der Waals surface area contributed by atoms with Gasteiger partial charge in [-0.05, 0) is 43.1 Å². The molecule has 1 aromatic carbocycles. The van der Waals surface area contributed by atoms with Crippen molar-refractivity contribution in [3.05, 3.63) is 29.5 Å². The molecule has 1 aliphatic heterocycles. The number of carbonyl (C=O) groups excluding carboxylic acids is 2. The molecule has 10 heteroatoms. The summed E-state index contributed by atoms with van der Waals surface area (Å²) in [5.41, 5.74) is 6.84. The van der Waals surface area contributed by atoms with E-state index in [2.05, 4.69) is 9.82 Å². The van der Waals surface area contributed by atoms with Gasteiger partial charge >= 0.3 is 18.1 Å². The summed E-state index contributed by atoms with van der Waals surface area (Å²) >= 11 is 0. The van der Waals surface area contributed by atoms with E-state index in [9.17, 15) is 22.8 Å². The van der Waals surface area contributed by atoms with E-state index in [1.54, 1.807) is 18.2 Å². The number of nitrogens with zero attached hydrogens (tertiary/aromatic N) is 1. The predicted molar refractivity (Wildman–Crippen MR) is 84.3 cm³/mol. The number of aromatic nitrogens is 1. The van der Waals surface area contributed by atoms with E-state index in [-0.39, 0.29) is 25.1 Å². The first-order valence-corrected chi connectivity index (χ1v) is 7.77. The van der Waals surface area contributed by atoms with Crippen molar-refractivity contribution in [2.45, 2.75) is 25.1 Å². The summed E-state index contributed by atoms with van der Waals surface area (Å²) in [5.74, 6) is -2.72. The van der Waals surface area contributed by atoms with Crippen LogP contribution in [0.5, 0.6) is 5.75 Å². The molecule has 26 heavy (non-hydrogen) atoms. The molecule has 1 aliphatic rings. The second-order valence-corrected chi connectivity index (χ2v) is 5.83. The topological polar surface area (TPSA) is 97.7 Å². The fraction of sp³-hybridized carbons (Fsp3) is 0.375. The number of H-pyrrole nitrogens is 1. The Morgan fingerprint density at radius 2 is 2.15 bits per heavy atom. The number of fused-ring (bicyclic) bond motifs is 3. The van der Waals surface area contributed by atoms with Gasteiger partial charge < -0.3 is 20.3 Å². The van der Waals surface area contributed by atoms with Gasteiger partial charge in [-0.15, -0.1) is 0 Å². The van der Waals surface area contributed by atoms with E-state index in [0.29, 0.717) is 21.9 Å². The molecule has 0 spiro atoms. The number of rotatable bonds is 4. The Morgan fingerprint density at radius 3 is 2.77 bits per heavy atom. The summed E-state index contributed by atoms with van der Waals surface area (Å²) in [6.07, 6.45) is -4.84. The summed E-state index contributed by atoms with van der Waals surface area (Å²) in [5, 5.41) is 1.19. The predicted octanol–water partition coefficient (Wildman–Crippen LogP) is 1.91. The lowest BCUT2D eigenvalue weighted by molar-refractivity contribution is -0.235. The standard InChI is InChI=1S/C16H16F3N3O4/c1-25-9-2-3-12-10(7-9)11-6-8(4-5-20)22(14(23)13(11)21-12)26-15(24)16(17,18)19/h2-3,7-8,21H,4-6,20H2,1H3. The lowest BCUT2D eigenvalue weighted by atomic mass is 9.95. The first-order valence-electron chi connectivity index (χ1n) is 7.77. The van der Waals surface area contributed by atoms with Crippen LogP contribution in [0.3, 0.4) is 0 Å². The number of hydrogen-bond donors (Lipinski definition) is 2. The van der Waals surface area contributed by atoms with E-state index in [0.717, 1.165) is 5.39 Å². The molecule has 3 N–H and O–H groups in total. The van der Waals surface area contributed by atoms with Gasteiger partial charge in [-0.3, -0.25) is 4.79 Å². The number of aromatic amines is 1. The number of alkyl halides is 3. The van der Waals surface area contributed by atoms with Crippen LogP contribution in [-0.2, 0) is 16.1 Å². The molecule has 3 rings (SSSR count). The summed E-state index contributed by atoms with van der Waals surface area (Å²) in [6.45, 7) is 0.110. The molecule has 7 nitrogen and oxygen atoms in total. The largest absolute Gasteiger partial charge is 0.497 e. The molecule has 2 heterocycles. The van der Waals surface area contributed by atoms with Crippen molar-refractivity contribution in [1.82, 2.24) is 10.0 Å². The zero-order chi connectivity index (χ0) is 19.1. The van der Waals surface area contributed by atoms with Crippen molar-refractivity contribution in [2.24, 2.45) is 5.73 Å². The van der Waals surface area contributed by atoms with Gasteiger partial charge in [0.2, 0.25) is 0 Å². The SMILES string of the molecule is COc1ccc2[nH]c3c(c2c1)CC(CCN)N(OC(=O)C(F)(F)F)C3=O. The number of hydrogen-bond acceptors (Lipinski definition) is 5. The number of benzene rings is 1. The highest BCUT2D eigenvalue weighted by atomic mass is 19.4. The van der Waals surface area contributed by atoms with E-state index in [4.69, 9.17) is 10.5 Å². The summed E-state index contributed by atoms with van der Waals surface area (Å²) in [6, 6.07) is 4.32. The lowest BCUT2D eigenvalue weighted by Crippen LogP contribution is -2.49. The second-order valence-electron chi connectivity index (χ2n) is 5.83. The number of ether oxygens (including phenoxy) is 1. The Labute approximate surface area is 145 Å². The van der Waals surface area contributed by atoms with Gasteiger partial charge in [-0.1, -0.05) is 0 Å². The van der Waals surface area contributed by atoms with Crippen molar-refractivity contribution in [3.63, 3.8) is 0 Å². The minimum atomic E-state index is -5.21. The van der Waals surface area contributed by atoms with E-state index >= 15 is 0 Å². The molecular formula is C16H16F3N3O4. The first-order chi connectivity index (χ1) is 12.3. The van der Waals surface area contributed by atoms with Crippen LogP contribution in [0.2, 0.25) is 0 Å². The maximum atomic E-state index is 12.7. The Balaban J connectivity index is 2.02. The molecule has 0 aliphatic carbocycles. The third-order valence-corrected chi connectivity index (χ3v) is 4.21. The van der Waals surface area contributed by atoms with Crippen LogP contribution in [0, 0.1) is 0 Å². The van der Waals surface area contributed by atoms with Crippen molar-refractivity contribution in [2.75, 3.05) is 13.7 Å². The van der Waals surface area contributed by atoms with Gasteiger partial charge in [0.15, 0.2) is 0 Å². The highest BCUT2D eigenvalue weighted by molar-refractivity contribution is 6.02. The molecule has 1 aromatic heterocycles. The normalized spacial score (nSPS) is 17.3. The quantitative estimate of drug-likeness (QED) is 0.856. The lowest BCUT2D eigenvalue weighted by Gasteiger charge is -2.33. The molecule has 1 unspecified atom stereocenters. The number of hydroxylamine groups is 2. The van der Waals surface area contributed by atoms with Gasteiger partial charge in [0.25, 0.3) is 0 Å². The molecule has 2 aromatic rings. The molecule has 1 atom stereocenters. The van der Waals surface area contributed by atoms with Crippen molar-refractivity contribution in [3.8, 4) is 5.75 Å². The molecular weight excluding hydrogens is 355 g/mol. The first kappa shape index (κ1) is 18.1. The number of methoxy groups -OCH3 is 1. The van der Waals surface area contributed by atoms with Gasteiger partial charge in [0.05, 0.1) is 13.2 Å².